The van der Waals surface area contributed by atoms with E-state index >= 15 is 0 Å². The molecule has 19 heteroatoms. The quantitative estimate of drug-likeness (QED) is 0.0222. The zero-order valence-electron chi connectivity index (χ0n) is 65.5. The van der Waals surface area contributed by atoms with E-state index < -0.39 is 97.5 Å². The molecule has 0 saturated heterocycles. The van der Waals surface area contributed by atoms with Gasteiger partial charge in [0.15, 0.2) is 12.2 Å². The Labute approximate surface area is 613 Å². The largest absolute Gasteiger partial charge is 0.472 e. The molecular formula is C81H158O17P2. The number of carbonyl (C=O) groups is 4. The SMILES string of the molecule is CCCCCCCCCCCCCCCCC(=O)OC[C@H](COP(=O)(O)OC[C@@H](O)COP(=O)(O)OC[C@@H](COC(=O)CCCCCCCCCCC(C)CC)OC(=O)CCCCCCCCCCCCCCC)OC(=O)CCCCCCCCCCCCCCCCCCCCC(C)C. The summed E-state index contributed by atoms with van der Waals surface area (Å²) in [6, 6.07) is 0. The summed E-state index contributed by atoms with van der Waals surface area (Å²) in [4.78, 5) is 73.0. The number of hydrogen-bond donors (Lipinski definition) is 3. The van der Waals surface area contributed by atoms with E-state index in [0.717, 1.165) is 102 Å². The number of phosphoric ester groups is 2. The average Bonchev–Trinajstić information content (AvgIpc) is 0.948. The molecule has 100 heavy (non-hydrogen) atoms. The van der Waals surface area contributed by atoms with Crippen molar-refractivity contribution in [1.82, 2.24) is 0 Å². The third-order valence-corrected chi connectivity index (χ3v) is 21.2. The monoisotopic (exact) mass is 1470 g/mol. The van der Waals surface area contributed by atoms with Crippen LogP contribution < -0.4 is 0 Å². The summed E-state index contributed by atoms with van der Waals surface area (Å²) in [6.45, 7) is 9.68. The van der Waals surface area contributed by atoms with E-state index in [0.29, 0.717) is 25.7 Å². The van der Waals surface area contributed by atoms with Crippen molar-refractivity contribution in [2.45, 2.75) is 445 Å². The van der Waals surface area contributed by atoms with Crippen LogP contribution in [0.5, 0.6) is 0 Å². The topological polar surface area (TPSA) is 237 Å². The van der Waals surface area contributed by atoms with Crippen LogP contribution in [0, 0.1) is 11.8 Å². The van der Waals surface area contributed by atoms with Gasteiger partial charge in [-0.1, -0.05) is 375 Å². The molecule has 0 fully saturated rings. The molecule has 0 saturated carbocycles. The molecule has 0 aliphatic rings. The van der Waals surface area contributed by atoms with Crippen LogP contribution in [0.4, 0.5) is 0 Å². The first-order valence-electron chi connectivity index (χ1n) is 42.0. The first kappa shape index (κ1) is 98.1. The third-order valence-electron chi connectivity index (χ3n) is 19.3. The zero-order chi connectivity index (χ0) is 73.5. The van der Waals surface area contributed by atoms with Crippen LogP contribution in [0.3, 0.4) is 0 Å². The van der Waals surface area contributed by atoms with Gasteiger partial charge in [0.25, 0.3) is 0 Å². The Morgan fingerprint density at radius 1 is 0.290 bits per heavy atom. The minimum atomic E-state index is -4.96. The van der Waals surface area contributed by atoms with Crippen LogP contribution in [0.1, 0.15) is 427 Å². The molecule has 17 nitrogen and oxygen atoms in total. The van der Waals surface area contributed by atoms with E-state index in [4.69, 9.17) is 37.0 Å². The predicted octanol–water partition coefficient (Wildman–Crippen LogP) is 24.3. The van der Waals surface area contributed by atoms with E-state index in [1.165, 1.54) is 244 Å². The summed E-state index contributed by atoms with van der Waals surface area (Å²) in [5.41, 5.74) is 0. The van der Waals surface area contributed by atoms with Crippen molar-refractivity contribution in [1.29, 1.82) is 0 Å². The highest BCUT2D eigenvalue weighted by atomic mass is 31.2. The second kappa shape index (κ2) is 72.6. The van der Waals surface area contributed by atoms with E-state index in [9.17, 15) is 43.2 Å². The lowest BCUT2D eigenvalue weighted by molar-refractivity contribution is -0.161. The third kappa shape index (κ3) is 73.0. The van der Waals surface area contributed by atoms with Gasteiger partial charge < -0.3 is 33.8 Å². The molecule has 0 amide bonds. The maximum absolute atomic E-state index is 13.1. The van der Waals surface area contributed by atoms with Crippen LogP contribution in [0.2, 0.25) is 0 Å². The maximum Gasteiger partial charge on any atom is 0.472 e. The number of ether oxygens (including phenoxy) is 4. The second-order valence-corrected chi connectivity index (χ2v) is 32.8. The molecule has 3 unspecified atom stereocenters. The zero-order valence-corrected chi connectivity index (χ0v) is 67.3. The normalized spacial score (nSPS) is 14.2. The van der Waals surface area contributed by atoms with Gasteiger partial charge in [-0.15, -0.1) is 0 Å². The van der Waals surface area contributed by atoms with Gasteiger partial charge in [0.2, 0.25) is 0 Å². The summed E-state index contributed by atoms with van der Waals surface area (Å²) >= 11 is 0. The molecule has 0 rings (SSSR count). The molecule has 594 valence electrons. The Hall–Kier alpha value is -1.94. The van der Waals surface area contributed by atoms with Crippen molar-refractivity contribution in [2.75, 3.05) is 39.6 Å². The van der Waals surface area contributed by atoms with Gasteiger partial charge in [-0.2, -0.15) is 0 Å². The Morgan fingerprint density at radius 3 is 0.760 bits per heavy atom. The van der Waals surface area contributed by atoms with Gasteiger partial charge in [0.05, 0.1) is 26.4 Å². The van der Waals surface area contributed by atoms with Crippen LogP contribution in [-0.2, 0) is 65.4 Å². The lowest BCUT2D eigenvalue weighted by Gasteiger charge is -2.21. The van der Waals surface area contributed by atoms with Crippen molar-refractivity contribution in [2.24, 2.45) is 11.8 Å². The first-order chi connectivity index (χ1) is 48.4. The lowest BCUT2D eigenvalue weighted by Crippen LogP contribution is -2.30. The van der Waals surface area contributed by atoms with Gasteiger partial charge in [-0.05, 0) is 37.5 Å². The van der Waals surface area contributed by atoms with Crippen LogP contribution in [-0.4, -0.2) is 96.7 Å². The fraction of sp³-hybridized carbons (Fsp3) is 0.951. The number of carbonyl (C=O) groups excluding carboxylic acids is 4. The molecule has 0 aromatic carbocycles. The van der Waals surface area contributed by atoms with Gasteiger partial charge in [-0.25, -0.2) is 9.13 Å². The van der Waals surface area contributed by atoms with E-state index in [-0.39, 0.29) is 25.7 Å². The highest BCUT2D eigenvalue weighted by molar-refractivity contribution is 7.47. The molecule has 0 spiro atoms. The molecule has 6 atom stereocenters. The highest BCUT2D eigenvalue weighted by Crippen LogP contribution is 2.45. The van der Waals surface area contributed by atoms with Gasteiger partial charge >= 0.3 is 39.5 Å². The number of esters is 4. The minimum absolute atomic E-state index is 0.107. The van der Waals surface area contributed by atoms with E-state index in [1.807, 2.05) is 0 Å². The number of unbranched alkanes of at least 4 members (excludes halogenated alkanes) is 49. The summed E-state index contributed by atoms with van der Waals surface area (Å²) < 4.78 is 68.7. The Balaban J connectivity index is 5.23. The molecule has 0 aromatic heterocycles. The van der Waals surface area contributed by atoms with Crippen LogP contribution in [0.25, 0.3) is 0 Å². The van der Waals surface area contributed by atoms with E-state index in [2.05, 4.69) is 41.5 Å². The Bertz CT molecular complexity index is 1930. The van der Waals surface area contributed by atoms with Crippen LogP contribution in [0.15, 0.2) is 0 Å². The Morgan fingerprint density at radius 2 is 0.510 bits per heavy atom. The van der Waals surface area contributed by atoms with E-state index in [1.54, 1.807) is 0 Å². The number of rotatable bonds is 80. The average molecular weight is 1470 g/mol. The number of phosphoric acid groups is 2. The summed E-state index contributed by atoms with van der Waals surface area (Å²) in [5.74, 6) is -0.509. The summed E-state index contributed by atoms with van der Waals surface area (Å²) in [7, 11) is -9.92. The molecule has 0 aromatic rings. The predicted molar refractivity (Wildman–Crippen MR) is 409 cm³/mol. The maximum atomic E-state index is 13.1. The molecule has 0 radical (unpaired) electrons. The smallest absolute Gasteiger partial charge is 0.462 e. The highest BCUT2D eigenvalue weighted by Gasteiger charge is 2.30. The van der Waals surface area contributed by atoms with Crippen molar-refractivity contribution in [3.63, 3.8) is 0 Å². The van der Waals surface area contributed by atoms with Crippen LogP contribution >= 0.6 is 15.6 Å². The number of aliphatic hydroxyl groups excluding tert-OH is 1. The van der Waals surface area contributed by atoms with Crippen molar-refractivity contribution in [3.05, 3.63) is 0 Å². The van der Waals surface area contributed by atoms with Gasteiger partial charge in [-0.3, -0.25) is 37.3 Å². The molecule has 0 aliphatic heterocycles. The minimum Gasteiger partial charge on any atom is -0.462 e. The Kier molecular flexibility index (Phi) is 71.2. The summed E-state index contributed by atoms with van der Waals surface area (Å²) in [6.07, 6.45) is 62.3. The fourth-order valence-corrected chi connectivity index (χ4v) is 14.1. The molecule has 0 aliphatic carbocycles. The lowest BCUT2D eigenvalue weighted by atomic mass is 9.99. The first-order valence-corrected chi connectivity index (χ1v) is 45.0. The molecule has 0 heterocycles. The van der Waals surface area contributed by atoms with Crippen molar-refractivity contribution in [3.8, 4) is 0 Å². The van der Waals surface area contributed by atoms with Crippen molar-refractivity contribution >= 4 is 39.5 Å². The fourth-order valence-electron chi connectivity index (χ4n) is 12.5. The second-order valence-electron chi connectivity index (χ2n) is 29.9. The van der Waals surface area contributed by atoms with Crippen molar-refractivity contribution < 1.29 is 80.2 Å². The number of hydrogen-bond acceptors (Lipinski definition) is 15. The van der Waals surface area contributed by atoms with Gasteiger partial charge in [0, 0.05) is 25.7 Å². The molecule has 3 N–H and O–H groups in total. The molecule has 0 bridgehead atoms. The molecular weight excluding hydrogens is 1310 g/mol. The standard InChI is InChI=1S/C81H158O17P2/c1-7-10-12-14-16-18-20-22-31-34-38-45-51-57-63-78(83)91-69-76(97-81(86)66-60-54-48-40-36-32-28-26-24-23-25-27-30-33-37-43-49-55-61-73(4)5)71-95-99(87,88)93-67-75(82)68-94-100(89,90)96-72-77(70-92-79(84)64-58-52-46-42-41-44-50-56-62-74(6)9-3)98-80(85)65-59-53-47-39-35-29-21-19-17-15-13-11-8-2/h73-77,82H,7-72H2,1-6H3,(H,87,88)(H,89,90)/t74?,75-,76-,77-/m1/s1. The number of aliphatic hydroxyl groups is 1. The van der Waals surface area contributed by atoms with Gasteiger partial charge in [0.1, 0.15) is 19.3 Å². The summed E-state index contributed by atoms with van der Waals surface area (Å²) in [5, 5.41) is 10.6.